The smallest absolute Gasteiger partial charge is 0.281 e. The number of nitrogens with zero attached hydrogens (tertiary/aromatic N) is 3. The number of hydrogen-bond acceptors (Lipinski definition) is 5. The van der Waals surface area contributed by atoms with Crippen LogP contribution in [0.15, 0.2) is 52.7 Å². The largest absolute Gasteiger partial charge is 0.486 e. The monoisotopic (exact) mass is 428 g/mol. The molecule has 3 heterocycles. The molecule has 0 bridgehead atoms. The van der Waals surface area contributed by atoms with E-state index in [4.69, 9.17) is 33.0 Å². The minimum atomic E-state index is -0.265. The maximum absolute atomic E-state index is 12.8. The Kier molecular flexibility index (Phi) is 5.12. The number of benzene rings is 1. The standard InChI is InChI=1S/C20H17ClN4O3S/c1-12-18(10-24(2)23-12)25-19(26)17(22-20(25)29)9-15-6-7-16(28-15)11-27-14-5-3-4-13(21)8-14/h3-10H,11H2,1-2H3,(H,22,29)/b17-9+. The van der Waals surface area contributed by atoms with Crippen molar-refractivity contribution in [1.29, 1.82) is 0 Å². The third kappa shape index (κ3) is 4.03. The minimum absolute atomic E-state index is 0.240. The molecular weight excluding hydrogens is 412 g/mol. The van der Waals surface area contributed by atoms with E-state index in [2.05, 4.69) is 10.4 Å². The van der Waals surface area contributed by atoms with E-state index in [1.54, 1.807) is 48.3 Å². The topological polar surface area (TPSA) is 72.5 Å². The summed E-state index contributed by atoms with van der Waals surface area (Å²) in [6.07, 6.45) is 3.37. The van der Waals surface area contributed by atoms with Crippen LogP contribution in [0.2, 0.25) is 5.02 Å². The second kappa shape index (κ2) is 7.73. The van der Waals surface area contributed by atoms with Crippen molar-refractivity contribution < 1.29 is 13.9 Å². The van der Waals surface area contributed by atoms with Crippen LogP contribution in [-0.4, -0.2) is 20.8 Å². The quantitative estimate of drug-likeness (QED) is 0.492. The number of halogens is 1. The Morgan fingerprint density at radius 2 is 2.17 bits per heavy atom. The van der Waals surface area contributed by atoms with Gasteiger partial charge in [0.25, 0.3) is 5.91 Å². The van der Waals surface area contributed by atoms with Crippen molar-refractivity contribution in [1.82, 2.24) is 15.1 Å². The molecule has 0 saturated carbocycles. The van der Waals surface area contributed by atoms with E-state index >= 15 is 0 Å². The number of aromatic nitrogens is 2. The van der Waals surface area contributed by atoms with Crippen LogP contribution >= 0.6 is 23.8 Å². The molecule has 0 radical (unpaired) electrons. The summed E-state index contributed by atoms with van der Waals surface area (Å²) in [5.74, 6) is 1.51. The Bertz CT molecular complexity index is 1130. The highest BCUT2D eigenvalue weighted by atomic mass is 35.5. The lowest BCUT2D eigenvalue weighted by atomic mass is 10.3. The zero-order valence-electron chi connectivity index (χ0n) is 15.7. The number of amides is 1. The molecule has 1 aliphatic heterocycles. The summed E-state index contributed by atoms with van der Waals surface area (Å²) in [5.41, 5.74) is 1.69. The summed E-state index contributed by atoms with van der Waals surface area (Å²) in [6.45, 7) is 2.07. The van der Waals surface area contributed by atoms with E-state index in [0.29, 0.717) is 44.5 Å². The zero-order valence-corrected chi connectivity index (χ0v) is 17.3. The third-order valence-electron chi connectivity index (χ3n) is 4.25. The highest BCUT2D eigenvalue weighted by Gasteiger charge is 2.34. The SMILES string of the molecule is Cc1nn(C)cc1N1C(=O)/C(=C\c2ccc(COc3cccc(Cl)c3)o2)NC1=S. The number of rotatable bonds is 5. The van der Waals surface area contributed by atoms with Crippen molar-refractivity contribution in [2.24, 2.45) is 7.05 Å². The van der Waals surface area contributed by atoms with Crippen molar-refractivity contribution in [3.63, 3.8) is 0 Å². The summed E-state index contributed by atoms with van der Waals surface area (Å²) in [4.78, 5) is 14.2. The van der Waals surface area contributed by atoms with Gasteiger partial charge in [0.1, 0.15) is 29.6 Å². The number of thiocarbonyl (C=S) groups is 1. The van der Waals surface area contributed by atoms with Crippen LogP contribution in [0.4, 0.5) is 5.69 Å². The number of carbonyl (C=O) groups excluding carboxylic acids is 1. The van der Waals surface area contributed by atoms with Crippen LogP contribution in [0.25, 0.3) is 6.08 Å². The summed E-state index contributed by atoms with van der Waals surface area (Å²) in [6, 6.07) is 10.7. The second-order valence-electron chi connectivity index (χ2n) is 6.45. The first-order chi connectivity index (χ1) is 13.9. The number of aryl methyl sites for hydroxylation is 2. The molecule has 1 N–H and O–H groups in total. The van der Waals surface area contributed by atoms with Gasteiger partial charge in [-0.15, -0.1) is 0 Å². The number of hydrogen-bond donors (Lipinski definition) is 1. The molecule has 7 nitrogen and oxygen atoms in total. The molecule has 0 aliphatic carbocycles. The van der Waals surface area contributed by atoms with Gasteiger partial charge in [-0.25, -0.2) is 4.90 Å². The average Bonchev–Trinajstić information content (AvgIpc) is 3.32. The summed E-state index contributed by atoms with van der Waals surface area (Å²) < 4.78 is 13.0. The van der Waals surface area contributed by atoms with Crippen molar-refractivity contribution in [2.45, 2.75) is 13.5 Å². The first-order valence-corrected chi connectivity index (χ1v) is 9.54. The van der Waals surface area contributed by atoms with E-state index in [9.17, 15) is 4.79 Å². The van der Waals surface area contributed by atoms with Gasteiger partial charge >= 0.3 is 0 Å². The number of furan rings is 1. The number of ether oxygens (including phenoxy) is 1. The maximum Gasteiger partial charge on any atom is 0.281 e. The molecule has 4 rings (SSSR count). The molecule has 1 fully saturated rings. The molecule has 2 aromatic heterocycles. The molecule has 148 valence electrons. The fourth-order valence-electron chi connectivity index (χ4n) is 2.96. The fourth-order valence-corrected chi connectivity index (χ4v) is 3.44. The summed E-state index contributed by atoms with van der Waals surface area (Å²) >= 11 is 11.3. The van der Waals surface area contributed by atoms with E-state index in [0.717, 1.165) is 0 Å². The molecule has 29 heavy (non-hydrogen) atoms. The summed E-state index contributed by atoms with van der Waals surface area (Å²) in [5, 5.41) is 8.10. The molecule has 1 aromatic carbocycles. The van der Waals surface area contributed by atoms with E-state index < -0.39 is 0 Å². The van der Waals surface area contributed by atoms with Crippen molar-refractivity contribution >= 4 is 46.6 Å². The van der Waals surface area contributed by atoms with E-state index in [-0.39, 0.29) is 12.5 Å². The number of carbonyl (C=O) groups is 1. The van der Waals surface area contributed by atoms with Gasteiger partial charge in [-0.1, -0.05) is 17.7 Å². The Labute approximate surface area is 177 Å². The fraction of sp³-hybridized carbons (Fsp3) is 0.150. The lowest BCUT2D eigenvalue weighted by Crippen LogP contribution is -2.30. The van der Waals surface area contributed by atoms with Gasteiger partial charge < -0.3 is 14.5 Å². The van der Waals surface area contributed by atoms with E-state index in [1.807, 2.05) is 19.1 Å². The molecule has 1 saturated heterocycles. The number of nitrogens with one attached hydrogen (secondary N) is 1. The first kappa shape index (κ1) is 19.2. The van der Waals surface area contributed by atoms with Gasteiger partial charge in [-0.2, -0.15) is 5.10 Å². The van der Waals surface area contributed by atoms with E-state index in [1.165, 1.54) is 4.90 Å². The molecule has 1 amide bonds. The first-order valence-electron chi connectivity index (χ1n) is 8.75. The van der Waals surface area contributed by atoms with Crippen LogP contribution in [0.1, 0.15) is 17.2 Å². The van der Waals surface area contributed by atoms with Crippen molar-refractivity contribution in [3.05, 3.63) is 70.5 Å². The van der Waals surface area contributed by atoms with Crippen LogP contribution in [-0.2, 0) is 18.4 Å². The predicted octanol–water partition coefficient (Wildman–Crippen LogP) is 3.82. The second-order valence-corrected chi connectivity index (χ2v) is 7.28. The summed E-state index contributed by atoms with van der Waals surface area (Å²) in [7, 11) is 1.79. The van der Waals surface area contributed by atoms with Gasteiger partial charge in [-0.3, -0.25) is 9.48 Å². The molecule has 0 unspecified atom stereocenters. The zero-order chi connectivity index (χ0) is 20.5. The van der Waals surface area contributed by atoms with Crippen LogP contribution in [0.5, 0.6) is 5.75 Å². The van der Waals surface area contributed by atoms with Gasteiger partial charge in [-0.05, 0) is 49.5 Å². The van der Waals surface area contributed by atoms with Gasteiger partial charge in [0, 0.05) is 24.3 Å². The van der Waals surface area contributed by atoms with Crippen LogP contribution in [0, 0.1) is 6.92 Å². The molecular formula is C20H17ClN4O3S. The molecule has 1 aliphatic rings. The Balaban J connectivity index is 1.48. The minimum Gasteiger partial charge on any atom is -0.486 e. The van der Waals surface area contributed by atoms with Gasteiger partial charge in [0.15, 0.2) is 5.11 Å². The Morgan fingerprint density at radius 3 is 2.90 bits per heavy atom. The lowest BCUT2D eigenvalue weighted by Gasteiger charge is -2.11. The van der Waals surface area contributed by atoms with Crippen molar-refractivity contribution in [2.75, 3.05) is 4.90 Å². The molecule has 0 spiro atoms. The maximum atomic E-state index is 12.8. The molecule has 0 atom stereocenters. The number of anilines is 1. The third-order valence-corrected chi connectivity index (χ3v) is 4.77. The van der Waals surface area contributed by atoms with Crippen LogP contribution in [0.3, 0.4) is 0 Å². The van der Waals surface area contributed by atoms with Crippen LogP contribution < -0.4 is 15.0 Å². The van der Waals surface area contributed by atoms with Gasteiger partial charge in [0.05, 0.1) is 11.4 Å². The highest BCUT2D eigenvalue weighted by molar-refractivity contribution is 7.80. The average molecular weight is 429 g/mol. The Hall–Kier alpha value is -3.10. The highest BCUT2D eigenvalue weighted by Crippen LogP contribution is 2.25. The Morgan fingerprint density at radius 1 is 1.34 bits per heavy atom. The molecule has 3 aromatic rings. The normalized spacial score (nSPS) is 15.3. The van der Waals surface area contributed by atoms with Crippen molar-refractivity contribution in [3.8, 4) is 5.75 Å². The molecule has 9 heteroatoms. The van der Waals surface area contributed by atoms with Gasteiger partial charge in [0.2, 0.25) is 0 Å². The predicted molar refractivity (Wildman–Crippen MR) is 114 cm³/mol. The lowest BCUT2D eigenvalue weighted by molar-refractivity contribution is -0.113.